The summed E-state index contributed by atoms with van der Waals surface area (Å²) >= 11 is 0. The van der Waals surface area contributed by atoms with E-state index in [9.17, 15) is 4.79 Å². The number of hydrogen-bond acceptors (Lipinski definition) is 4. The van der Waals surface area contributed by atoms with Crippen LogP contribution in [-0.4, -0.2) is 61.4 Å². The molecule has 0 unspecified atom stereocenters. The van der Waals surface area contributed by atoms with Crippen LogP contribution in [0.2, 0.25) is 0 Å². The molecule has 1 spiro atoms. The van der Waals surface area contributed by atoms with E-state index in [-0.39, 0.29) is 11.9 Å². The average Bonchev–Trinajstić information content (AvgIpc) is 3.20. The molecule has 28 heavy (non-hydrogen) atoms. The summed E-state index contributed by atoms with van der Waals surface area (Å²) in [6.07, 6.45) is 1.65. The summed E-state index contributed by atoms with van der Waals surface area (Å²) in [7, 11) is 1.90. The minimum Gasteiger partial charge on any atom is -0.347 e. The normalized spacial score (nSPS) is 19.2. The molecule has 0 saturated carbocycles. The predicted molar refractivity (Wildman–Crippen MR) is 108 cm³/mol. The second-order valence-electron chi connectivity index (χ2n) is 7.61. The van der Waals surface area contributed by atoms with Crippen LogP contribution in [0.5, 0.6) is 0 Å². The van der Waals surface area contributed by atoms with Crippen LogP contribution < -0.4 is 0 Å². The van der Waals surface area contributed by atoms with Gasteiger partial charge in [-0.2, -0.15) is 0 Å². The van der Waals surface area contributed by atoms with E-state index in [0.717, 1.165) is 37.1 Å². The van der Waals surface area contributed by atoms with E-state index in [1.165, 1.54) is 0 Å². The Morgan fingerprint density at radius 2 is 1.46 bits per heavy atom. The lowest BCUT2D eigenvalue weighted by Gasteiger charge is -2.38. The molecule has 2 aromatic rings. The first-order valence-corrected chi connectivity index (χ1v) is 10.0. The second-order valence-corrected chi connectivity index (χ2v) is 7.61. The highest BCUT2D eigenvalue weighted by Gasteiger charge is 2.40. The zero-order valence-electron chi connectivity index (χ0n) is 16.4. The average molecular weight is 380 g/mol. The topological polar surface area (TPSA) is 42.0 Å². The fraction of sp³-hybridized carbons (Fsp3) is 0.435. The number of carbonyl (C=O) groups excluding carboxylic acids is 1. The number of likely N-dealkylation sites (N-methyl/N-ethyl adjacent to an activating group) is 1. The second kappa shape index (κ2) is 8.43. The van der Waals surface area contributed by atoms with Gasteiger partial charge in [-0.05, 0) is 11.1 Å². The van der Waals surface area contributed by atoms with E-state index in [1.807, 2.05) is 48.3 Å². The molecule has 4 rings (SSSR count). The number of amides is 1. The standard InChI is InChI=1S/C23H28N2O3/c1-24(21(26)18-25-14-12-23(13-15-25)27-16-17-28-23)22(19-8-4-2-5-9-19)20-10-6-3-7-11-20/h2-11,22H,12-18H2,1H3. The summed E-state index contributed by atoms with van der Waals surface area (Å²) in [5.41, 5.74) is 2.24. The van der Waals surface area contributed by atoms with Gasteiger partial charge in [-0.25, -0.2) is 0 Å². The molecule has 0 N–H and O–H groups in total. The molecule has 2 aliphatic heterocycles. The van der Waals surface area contributed by atoms with Crippen molar-refractivity contribution >= 4 is 5.91 Å². The number of piperidine rings is 1. The van der Waals surface area contributed by atoms with Crippen molar-refractivity contribution in [3.8, 4) is 0 Å². The van der Waals surface area contributed by atoms with Crippen LogP contribution in [0.1, 0.15) is 30.0 Å². The Balaban J connectivity index is 1.45. The van der Waals surface area contributed by atoms with Crippen molar-refractivity contribution < 1.29 is 14.3 Å². The van der Waals surface area contributed by atoms with E-state index in [1.54, 1.807) is 0 Å². The summed E-state index contributed by atoms with van der Waals surface area (Å²) in [5, 5.41) is 0. The van der Waals surface area contributed by atoms with Crippen molar-refractivity contribution in [2.75, 3.05) is 39.9 Å². The molecule has 148 valence electrons. The maximum absolute atomic E-state index is 13.1. The Hall–Kier alpha value is -2.21. The third-order valence-corrected chi connectivity index (χ3v) is 5.80. The van der Waals surface area contributed by atoms with E-state index < -0.39 is 5.79 Å². The van der Waals surface area contributed by atoms with Crippen LogP contribution >= 0.6 is 0 Å². The lowest BCUT2D eigenvalue weighted by molar-refractivity contribution is -0.186. The number of likely N-dealkylation sites (tertiary alicyclic amines) is 1. The van der Waals surface area contributed by atoms with Crippen LogP contribution in [-0.2, 0) is 14.3 Å². The van der Waals surface area contributed by atoms with E-state index in [0.29, 0.717) is 19.8 Å². The van der Waals surface area contributed by atoms with Gasteiger partial charge >= 0.3 is 0 Å². The lowest BCUT2D eigenvalue weighted by Crippen LogP contribution is -2.48. The Morgan fingerprint density at radius 1 is 0.964 bits per heavy atom. The first-order chi connectivity index (χ1) is 13.7. The maximum atomic E-state index is 13.1. The van der Waals surface area contributed by atoms with Crippen LogP contribution in [0.4, 0.5) is 0 Å². The van der Waals surface area contributed by atoms with Crippen molar-refractivity contribution in [2.45, 2.75) is 24.7 Å². The highest BCUT2D eigenvalue weighted by atomic mass is 16.7. The third-order valence-electron chi connectivity index (χ3n) is 5.80. The summed E-state index contributed by atoms with van der Waals surface area (Å²) in [6, 6.07) is 20.3. The third kappa shape index (κ3) is 4.12. The summed E-state index contributed by atoms with van der Waals surface area (Å²) in [5.74, 6) is -0.274. The van der Waals surface area contributed by atoms with Crippen molar-refractivity contribution in [1.29, 1.82) is 0 Å². The number of benzene rings is 2. The first kappa shape index (κ1) is 19.1. The fourth-order valence-electron chi connectivity index (χ4n) is 4.19. The smallest absolute Gasteiger partial charge is 0.237 e. The predicted octanol–water partition coefficient (Wildman–Crippen LogP) is 3.07. The largest absolute Gasteiger partial charge is 0.347 e. The lowest BCUT2D eigenvalue weighted by atomic mass is 9.97. The molecule has 2 heterocycles. The van der Waals surface area contributed by atoms with Gasteiger partial charge in [0.05, 0.1) is 25.8 Å². The van der Waals surface area contributed by atoms with Crippen LogP contribution in [0, 0.1) is 0 Å². The van der Waals surface area contributed by atoms with Gasteiger partial charge < -0.3 is 14.4 Å². The number of carbonyl (C=O) groups is 1. The summed E-state index contributed by atoms with van der Waals surface area (Å²) < 4.78 is 11.6. The van der Waals surface area contributed by atoms with Gasteiger partial charge in [-0.3, -0.25) is 9.69 Å². The molecule has 2 saturated heterocycles. The molecular weight excluding hydrogens is 352 g/mol. The molecule has 2 fully saturated rings. The summed E-state index contributed by atoms with van der Waals surface area (Å²) in [4.78, 5) is 17.2. The van der Waals surface area contributed by atoms with Gasteiger partial charge in [-0.15, -0.1) is 0 Å². The Kier molecular flexibility index (Phi) is 5.76. The minimum absolute atomic E-state index is 0.0902. The monoisotopic (exact) mass is 380 g/mol. The molecular formula is C23H28N2O3. The Labute approximate surface area is 166 Å². The highest BCUT2D eigenvalue weighted by molar-refractivity contribution is 5.79. The number of rotatable bonds is 5. The number of nitrogens with zero attached hydrogens (tertiary/aromatic N) is 2. The quantitative estimate of drug-likeness (QED) is 0.800. The van der Waals surface area contributed by atoms with Crippen molar-refractivity contribution in [3.05, 3.63) is 71.8 Å². The van der Waals surface area contributed by atoms with Gasteiger partial charge in [0.2, 0.25) is 5.91 Å². The molecule has 5 nitrogen and oxygen atoms in total. The molecule has 0 radical (unpaired) electrons. The van der Waals surface area contributed by atoms with Crippen molar-refractivity contribution in [1.82, 2.24) is 9.80 Å². The van der Waals surface area contributed by atoms with Crippen molar-refractivity contribution in [3.63, 3.8) is 0 Å². The zero-order chi connectivity index (χ0) is 19.4. The van der Waals surface area contributed by atoms with Gasteiger partial charge in [-0.1, -0.05) is 60.7 Å². The molecule has 0 aromatic heterocycles. The van der Waals surface area contributed by atoms with E-state index >= 15 is 0 Å². The number of hydrogen-bond donors (Lipinski definition) is 0. The molecule has 2 aliphatic rings. The van der Waals surface area contributed by atoms with Crippen molar-refractivity contribution in [2.24, 2.45) is 0 Å². The number of ether oxygens (including phenoxy) is 2. The first-order valence-electron chi connectivity index (χ1n) is 10.0. The van der Waals surface area contributed by atoms with E-state index in [2.05, 4.69) is 29.2 Å². The van der Waals surface area contributed by atoms with Crippen LogP contribution in [0.3, 0.4) is 0 Å². The minimum atomic E-state index is -0.401. The van der Waals surface area contributed by atoms with Gasteiger partial charge in [0.1, 0.15) is 0 Å². The zero-order valence-corrected chi connectivity index (χ0v) is 16.4. The van der Waals surface area contributed by atoms with Crippen LogP contribution in [0.15, 0.2) is 60.7 Å². The van der Waals surface area contributed by atoms with Crippen LogP contribution in [0.25, 0.3) is 0 Å². The summed E-state index contributed by atoms with van der Waals surface area (Å²) in [6.45, 7) is 3.42. The SMILES string of the molecule is CN(C(=O)CN1CCC2(CC1)OCCO2)C(c1ccccc1)c1ccccc1. The van der Waals surface area contributed by atoms with E-state index in [4.69, 9.17) is 9.47 Å². The molecule has 2 aromatic carbocycles. The molecule has 0 bridgehead atoms. The molecule has 0 atom stereocenters. The van der Waals surface area contributed by atoms with Gasteiger partial charge in [0.25, 0.3) is 0 Å². The Morgan fingerprint density at radius 3 is 1.96 bits per heavy atom. The molecule has 1 amide bonds. The van der Waals surface area contributed by atoms with Gasteiger partial charge in [0.15, 0.2) is 5.79 Å². The van der Waals surface area contributed by atoms with Gasteiger partial charge in [0, 0.05) is 33.0 Å². The Bertz CT molecular complexity index is 725. The fourth-order valence-corrected chi connectivity index (χ4v) is 4.19. The highest BCUT2D eigenvalue weighted by Crippen LogP contribution is 2.32. The maximum Gasteiger partial charge on any atom is 0.237 e. The molecule has 5 heteroatoms. The molecule has 0 aliphatic carbocycles.